The van der Waals surface area contributed by atoms with Crippen molar-refractivity contribution in [3.8, 4) is 56.0 Å². The average Bonchev–Trinajstić information content (AvgIpc) is 1.65. The first-order chi connectivity index (χ1) is 68.4. The van der Waals surface area contributed by atoms with Crippen molar-refractivity contribution >= 4 is 119 Å². The minimum atomic E-state index is -2.62. The molecule has 0 bridgehead atoms. The quantitative estimate of drug-likeness (QED) is 0.0301. The lowest BCUT2D eigenvalue weighted by molar-refractivity contribution is 0.0114. The summed E-state index contributed by atoms with van der Waals surface area (Å²) in [6, 6.07) is 55.6. The maximum absolute atomic E-state index is 13.6. The van der Waals surface area contributed by atoms with Gasteiger partial charge in [-0.3, -0.25) is 69.3 Å². The van der Waals surface area contributed by atoms with E-state index in [1.807, 2.05) is 182 Å². The minimum absolute atomic E-state index is 0. The molecule has 35 nitrogen and oxygen atoms in total. The van der Waals surface area contributed by atoms with Gasteiger partial charge in [0.2, 0.25) is 0 Å². The first-order valence-electron chi connectivity index (χ1n) is 46.4. The standard InChI is InChI=1S/C28H31N7O3.C28H24N6O3.C26H25F2N7O.C21H19N7O.4CH4/c36-23-5-7-34(8-6-23)18-19-13-21(16-29-15-19)20-1-3-25-24(14-20)27(33-32-25)28(37)31-22-2-4-26(30-17-22)35-9-11-38-12-10-35;35-28(31-21-7-9-26(30-17-21)34-10-12-36-13-11-34)27-24-15-19(6-8-25(24)32-33-27)20-14-23(18-29-16-20)37-22-4-2-1-3-5-22;27-26(28)6-9-34(16-26)15-17-10-19(13-29-12-17)18-2-4-22-21(11-18)24(33-32-22)25(36)31-20-3-5-23(30-14-20)35-7-1-8-35;22-15-8-14(10-23-11-15)13-2-4-18-17(9-13)20(27-26-18)21(29)25-16-3-5-19(24-12-16)28-6-1-7-28;;;;/h1-4,13-17,23,36H,5-12,18H2,(H,31,37)(H,32,33);1-9,14-18H,10-13H2,(H,31,35)(H,32,33);2-5,10-14H,1,6-9,15-16H2,(H,31,36)(H,32,33);2-5,8-12H,1,6-7,22H2,(H,25,29)(H,26,27);4*1H4. The van der Waals surface area contributed by atoms with Gasteiger partial charge in [-0.15, -0.1) is 0 Å². The van der Waals surface area contributed by atoms with E-state index >= 15 is 0 Å². The van der Waals surface area contributed by atoms with Crippen LogP contribution in [0.1, 0.15) is 115 Å². The molecule has 0 spiro atoms. The molecule has 12 aromatic heterocycles. The molecule has 6 aliphatic rings. The van der Waals surface area contributed by atoms with Crippen molar-refractivity contribution in [3.63, 3.8) is 0 Å². The molecule has 23 rings (SSSR count). The number of nitrogens with zero attached hydrogens (tertiary/aromatic N) is 18. The summed E-state index contributed by atoms with van der Waals surface area (Å²) in [5.74, 6) is 1.07. The number of amides is 4. The average molecular weight is 1950 g/mol. The molecule has 0 aliphatic carbocycles. The zero-order valence-corrected chi connectivity index (χ0v) is 76.2. The number of hydrogen-bond acceptors (Lipinski definition) is 27. The van der Waals surface area contributed by atoms with Gasteiger partial charge in [0.25, 0.3) is 29.6 Å². The van der Waals surface area contributed by atoms with Crippen LogP contribution in [0.15, 0.2) is 250 Å². The molecular weight excluding hydrogens is 1830 g/mol. The number of nitrogens with one attached hydrogen (secondary N) is 8. The lowest BCUT2D eigenvalue weighted by atomic mass is 10.0. The number of morpholine rings is 2. The molecule has 5 aromatic carbocycles. The van der Waals surface area contributed by atoms with Crippen LogP contribution in [0.2, 0.25) is 0 Å². The Morgan fingerprint density at radius 3 is 1.06 bits per heavy atom. The third-order valence-corrected chi connectivity index (χ3v) is 25.2. The fraction of sp³-hybridized carbons (Fsp3) is 0.271. The van der Waals surface area contributed by atoms with Crippen molar-refractivity contribution < 1.29 is 47.3 Å². The Bertz CT molecular complexity index is 7270. The molecule has 11 N–H and O–H groups in total. The van der Waals surface area contributed by atoms with Gasteiger partial charge < -0.3 is 65.9 Å². The van der Waals surface area contributed by atoms with E-state index in [0.717, 1.165) is 202 Å². The van der Waals surface area contributed by atoms with Crippen LogP contribution < -0.4 is 51.3 Å². The Kier molecular flexibility index (Phi) is 32.0. The molecule has 0 radical (unpaired) electrons. The van der Waals surface area contributed by atoms with Gasteiger partial charge in [-0.1, -0.05) is 72.2 Å². The van der Waals surface area contributed by atoms with Crippen LogP contribution >= 0.6 is 0 Å². The molecule has 0 atom stereocenters. The van der Waals surface area contributed by atoms with Crippen LogP contribution in [0.25, 0.3) is 88.1 Å². The van der Waals surface area contributed by atoms with Crippen LogP contribution in [0.4, 0.5) is 60.5 Å². The number of nitrogen functional groups attached to an aromatic ring is 1. The molecule has 740 valence electrons. The van der Waals surface area contributed by atoms with Crippen LogP contribution in [-0.4, -0.2) is 236 Å². The number of ether oxygens (including phenoxy) is 3. The van der Waals surface area contributed by atoms with Crippen LogP contribution in [0.5, 0.6) is 11.5 Å². The van der Waals surface area contributed by atoms with E-state index in [9.17, 15) is 33.1 Å². The van der Waals surface area contributed by atoms with E-state index in [2.05, 4.69) is 132 Å². The van der Waals surface area contributed by atoms with E-state index in [4.69, 9.17) is 19.9 Å². The highest BCUT2D eigenvalue weighted by Crippen LogP contribution is 2.36. The Morgan fingerprint density at radius 2 is 0.722 bits per heavy atom. The van der Waals surface area contributed by atoms with Crippen LogP contribution in [-0.2, 0) is 22.6 Å². The van der Waals surface area contributed by atoms with Crippen molar-refractivity contribution in [1.82, 2.24) is 90.5 Å². The third kappa shape index (κ3) is 24.0. The van der Waals surface area contributed by atoms with Gasteiger partial charge in [0.05, 0.1) is 121 Å². The third-order valence-electron chi connectivity index (χ3n) is 25.2. The summed E-state index contributed by atoms with van der Waals surface area (Å²) >= 11 is 0. The number of anilines is 9. The molecule has 6 aliphatic heterocycles. The summed E-state index contributed by atoms with van der Waals surface area (Å²) in [5.41, 5.74) is 22.4. The highest BCUT2D eigenvalue weighted by Gasteiger charge is 2.38. The Morgan fingerprint density at radius 1 is 0.375 bits per heavy atom. The van der Waals surface area contributed by atoms with Gasteiger partial charge in [-0.25, -0.2) is 28.7 Å². The number of aromatic nitrogens is 16. The maximum Gasteiger partial charge on any atom is 0.276 e. The normalized spacial score (nSPS) is 15.0. The topological polar surface area (TPSA) is 428 Å². The molecule has 6 fully saturated rings. The number of nitrogens with two attached hydrogens (primary N) is 1. The maximum atomic E-state index is 13.6. The monoisotopic (exact) mass is 1940 g/mol. The van der Waals surface area contributed by atoms with E-state index < -0.39 is 5.92 Å². The predicted molar refractivity (Wildman–Crippen MR) is 559 cm³/mol. The zero-order valence-electron chi connectivity index (χ0n) is 76.2. The summed E-state index contributed by atoms with van der Waals surface area (Å²) in [7, 11) is 0. The number of rotatable bonds is 22. The van der Waals surface area contributed by atoms with Gasteiger partial charge in [-0.2, -0.15) is 20.4 Å². The molecule has 4 amide bonds. The van der Waals surface area contributed by atoms with Crippen molar-refractivity contribution in [3.05, 3.63) is 284 Å². The van der Waals surface area contributed by atoms with Crippen molar-refractivity contribution in [2.24, 2.45) is 0 Å². The molecule has 0 saturated carbocycles. The minimum Gasteiger partial charge on any atom is -0.456 e. The number of carbonyl (C=O) groups excluding carboxylic acids is 4. The second-order valence-electron chi connectivity index (χ2n) is 35.0. The van der Waals surface area contributed by atoms with Crippen molar-refractivity contribution in [1.29, 1.82) is 0 Å². The Balaban J connectivity index is 0.000000137. The predicted octanol–water partition coefficient (Wildman–Crippen LogP) is 17.9. The summed E-state index contributed by atoms with van der Waals surface area (Å²) in [5, 5.41) is 53.0. The smallest absolute Gasteiger partial charge is 0.276 e. The highest BCUT2D eigenvalue weighted by molar-refractivity contribution is 6.15. The number of aliphatic hydroxyl groups is 1. The summed E-state index contributed by atoms with van der Waals surface area (Å²) in [6.07, 6.45) is 24.3. The molecule has 6 saturated heterocycles. The number of hydrogen-bond donors (Lipinski definition) is 10. The molecule has 144 heavy (non-hydrogen) atoms. The fourth-order valence-electron chi connectivity index (χ4n) is 17.4. The molecule has 17 aromatic rings. The number of benzene rings is 5. The fourth-order valence-corrected chi connectivity index (χ4v) is 17.4. The van der Waals surface area contributed by atoms with E-state index in [1.54, 1.807) is 66.9 Å². The van der Waals surface area contributed by atoms with Crippen LogP contribution in [0.3, 0.4) is 0 Å². The number of halogens is 2. The van der Waals surface area contributed by atoms with Crippen LogP contribution in [0, 0.1) is 0 Å². The number of carbonyl (C=O) groups is 4. The Labute approximate surface area is 830 Å². The van der Waals surface area contributed by atoms with Gasteiger partial charge >= 0.3 is 0 Å². The summed E-state index contributed by atoms with van der Waals surface area (Å²) in [4.78, 5) is 100.0. The van der Waals surface area contributed by atoms with Gasteiger partial charge in [0.1, 0.15) is 34.8 Å². The second-order valence-corrected chi connectivity index (χ2v) is 35.0. The zero-order chi connectivity index (χ0) is 95.4. The van der Waals surface area contributed by atoms with E-state index in [-0.39, 0.29) is 78.1 Å². The Hall–Kier alpha value is -16.5. The molecule has 37 heteroatoms. The number of pyridine rings is 8. The number of aromatic amines is 4. The van der Waals surface area contributed by atoms with Gasteiger partial charge in [-0.05, 0) is 193 Å². The molecular formula is C107H115F2N27O8. The van der Waals surface area contributed by atoms with Gasteiger partial charge in [0.15, 0.2) is 22.8 Å². The number of piperidine rings is 1. The second kappa shape index (κ2) is 45.8. The van der Waals surface area contributed by atoms with E-state index in [1.165, 1.54) is 12.8 Å². The number of para-hydroxylation sites is 1. The molecule has 18 heterocycles. The lowest BCUT2D eigenvalue weighted by Gasteiger charge is -2.31. The SMILES string of the molecule is C.C.C.C.Nc1cncc(-c2ccc3[nH]nc(C(=O)Nc4ccc(N5CCC5)nc4)c3c2)c1.O=C(Nc1ccc(N2CCC2)nc1)c1n[nH]c2ccc(-c3cncc(CN4CCC(F)(F)C4)c3)cc12.O=C(Nc1ccc(N2CCOCC2)nc1)c1n[nH]c2ccc(-c3cncc(CN4CCC(O)CC4)c3)cc12.O=C(Nc1ccc(N2CCOCC2)nc1)c1n[nH]c2ccc(-c3cncc(Oc4ccccc4)c3)cc12. The number of alkyl halides is 2. The lowest BCUT2D eigenvalue weighted by Crippen LogP contribution is -2.37. The summed E-state index contributed by atoms with van der Waals surface area (Å²) in [6.45, 7) is 13.2. The highest BCUT2D eigenvalue weighted by atomic mass is 19.3. The first-order valence-corrected chi connectivity index (χ1v) is 46.4. The summed E-state index contributed by atoms with van der Waals surface area (Å²) < 4.78 is 43.8. The largest absolute Gasteiger partial charge is 0.456 e. The number of likely N-dealkylation sites (tertiary alicyclic amines) is 2. The van der Waals surface area contributed by atoms with E-state index in [0.29, 0.717) is 102 Å². The number of H-pyrrole nitrogens is 4. The number of fused-ring (bicyclic) bond motifs is 4. The van der Waals surface area contributed by atoms with Gasteiger partial charge in [0, 0.05) is 179 Å². The molecule has 0 unspecified atom stereocenters. The van der Waals surface area contributed by atoms with Crippen molar-refractivity contribution in [2.75, 3.05) is 152 Å². The van der Waals surface area contributed by atoms with Crippen molar-refractivity contribution in [2.45, 2.75) is 86.9 Å². The first kappa shape index (κ1) is 100. The number of aliphatic hydroxyl groups excluding tert-OH is 1.